The summed E-state index contributed by atoms with van der Waals surface area (Å²) < 4.78 is 0. The molecular formula is C18H17ClN4O2S. The zero-order valence-electron chi connectivity index (χ0n) is 14.1. The first-order chi connectivity index (χ1) is 12.5. The molecule has 26 heavy (non-hydrogen) atoms. The highest BCUT2D eigenvalue weighted by molar-refractivity contribution is 7.80. The number of anilines is 1. The van der Waals surface area contributed by atoms with Crippen molar-refractivity contribution >= 4 is 46.4 Å². The van der Waals surface area contributed by atoms with E-state index in [9.17, 15) is 9.59 Å². The summed E-state index contributed by atoms with van der Waals surface area (Å²) in [4.78, 5) is 32.3. The number of likely N-dealkylation sites (N-methyl/N-ethyl adjacent to an activating group) is 1. The Hall–Kier alpha value is -2.51. The highest BCUT2D eigenvalue weighted by Gasteiger charge is 2.41. The van der Waals surface area contributed by atoms with Crippen molar-refractivity contribution in [2.75, 3.05) is 12.4 Å². The molecule has 1 aromatic heterocycles. The molecule has 6 nitrogen and oxygen atoms in total. The monoisotopic (exact) mass is 388 g/mol. The highest BCUT2D eigenvalue weighted by Crippen LogP contribution is 2.22. The zero-order valence-corrected chi connectivity index (χ0v) is 15.6. The Morgan fingerprint density at radius 2 is 2.00 bits per heavy atom. The first-order valence-corrected chi connectivity index (χ1v) is 8.78. The van der Waals surface area contributed by atoms with E-state index in [4.69, 9.17) is 23.8 Å². The minimum absolute atomic E-state index is 0.00122. The molecule has 1 aliphatic rings. The SMILES string of the molecule is CN1C(=O)C(CC(=O)Nc2ccc(Cl)cc2)N(Cc2ccccn2)C1=S. The summed E-state index contributed by atoms with van der Waals surface area (Å²) >= 11 is 11.2. The smallest absolute Gasteiger partial charge is 0.251 e. The van der Waals surface area contributed by atoms with Gasteiger partial charge < -0.3 is 10.2 Å². The molecule has 2 amide bonds. The number of carbonyl (C=O) groups excluding carboxylic acids is 2. The van der Waals surface area contributed by atoms with Gasteiger partial charge in [0.15, 0.2) is 5.11 Å². The summed E-state index contributed by atoms with van der Waals surface area (Å²) in [5, 5.41) is 3.76. The Bertz CT molecular complexity index is 829. The lowest BCUT2D eigenvalue weighted by atomic mass is 10.1. The third-order valence-corrected chi connectivity index (χ3v) is 4.85. The van der Waals surface area contributed by atoms with Crippen LogP contribution in [0, 0.1) is 0 Å². The van der Waals surface area contributed by atoms with Gasteiger partial charge in [0.05, 0.1) is 18.7 Å². The van der Waals surface area contributed by atoms with Crippen LogP contribution in [0.3, 0.4) is 0 Å². The molecule has 1 atom stereocenters. The van der Waals surface area contributed by atoms with Gasteiger partial charge in [-0.25, -0.2) is 0 Å². The Morgan fingerprint density at radius 1 is 1.27 bits per heavy atom. The maximum Gasteiger partial charge on any atom is 0.251 e. The zero-order chi connectivity index (χ0) is 18.7. The van der Waals surface area contributed by atoms with Crippen LogP contribution >= 0.6 is 23.8 Å². The van der Waals surface area contributed by atoms with Crippen LogP contribution < -0.4 is 5.32 Å². The fourth-order valence-corrected chi connectivity index (χ4v) is 3.15. The van der Waals surface area contributed by atoms with E-state index in [1.165, 1.54) is 4.90 Å². The van der Waals surface area contributed by atoms with Crippen LogP contribution in [0.2, 0.25) is 5.02 Å². The summed E-state index contributed by atoms with van der Waals surface area (Å²) in [5.41, 5.74) is 1.40. The van der Waals surface area contributed by atoms with E-state index in [1.807, 2.05) is 18.2 Å². The van der Waals surface area contributed by atoms with Gasteiger partial charge >= 0.3 is 0 Å². The molecule has 1 N–H and O–H groups in total. The number of rotatable bonds is 5. The van der Waals surface area contributed by atoms with E-state index in [-0.39, 0.29) is 18.2 Å². The van der Waals surface area contributed by atoms with Gasteiger partial charge in [-0.1, -0.05) is 17.7 Å². The topological polar surface area (TPSA) is 65.5 Å². The standard InChI is InChI=1S/C18H17ClN4O2S/c1-22-17(25)15(10-16(24)21-13-7-5-12(19)6-8-13)23(18(22)26)11-14-4-2-3-9-20-14/h2-9,15H,10-11H2,1H3,(H,21,24). The maximum absolute atomic E-state index is 12.5. The molecule has 1 fully saturated rings. The summed E-state index contributed by atoms with van der Waals surface area (Å²) in [7, 11) is 1.62. The van der Waals surface area contributed by atoms with E-state index in [1.54, 1.807) is 42.4 Å². The van der Waals surface area contributed by atoms with Crippen molar-refractivity contribution in [3.8, 4) is 0 Å². The second-order valence-electron chi connectivity index (χ2n) is 5.90. The van der Waals surface area contributed by atoms with E-state index >= 15 is 0 Å². The lowest BCUT2D eigenvalue weighted by molar-refractivity contribution is -0.130. The Morgan fingerprint density at radius 3 is 2.65 bits per heavy atom. The minimum Gasteiger partial charge on any atom is -0.330 e. The number of aromatic nitrogens is 1. The van der Waals surface area contributed by atoms with Gasteiger partial charge in [-0.15, -0.1) is 0 Å². The second-order valence-corrected chi connectivity index (χ2v) is 6.71. The van der Waals surface area contributed by atoms with Crippen molar-refractivity contribution in [2.24, 2.45) is 0 Å². The Balaban J connectivity index is 1.72. The van der Waals surface area contributed by atoms with Gasteiger partial charge in [0, 0.05) is 24.0 Å². The summed E-state index contributed by atoms with van der Waals surface area (Å²) in [6.07, 6.45) is 1.68. The van der Waals surface area contributed by atoms with E-state index in [2.05, 4.69) is 10.3 Å². The van der Waals surface area contributed by atoms with Crippen molar-refractivity contribution in [1.82, 2.24) is 14.8 Å². The van der Waals surface area contributed by atoms with Gasteiger partial charge in [0.25, 0.3) is 5.91 Å². The highest BCUT2D eigenvalue weighted by atomic mass is 35.5. The number of benzene rings is 1. The van der Waals surface area contributed by atoms with Crippen LogP contribution in [0.15, 0.2) is 48.7 Å². The number of carbonyl (C=O) groups is 2. The van der Waals surface area contributed by atoms with Gasteiger partial charge in [0.2, 0.25) is 5.91 Å². The van der Waals surface area contributed by atoms with Gasteiger partial charge in [-0.05, 0) is 48.6 Å². The van der Waals surface area contributed by atoms with Gasteiger partial charge in [-0.3, -0.25) is 19.5 Å². The largest absolute Gasteiger partial charge is 0.330 e. The van der Waals surface area contributed by atoms with Crippen molar-refractivity contribution in [2.45, 2.75) is 19.0 Å². The number of nitrogens with zero attached hydrogens (tertiary/aromatic N) is 3. The Kier molecular flexibility index (Phi) is 5.49. The van der Waals surface area contributed by atoms with Crippen LogP contribution in [-0.4, -0.2) is 44.8 Å². The molecule has 1 aliphatic heterocycles. The molecule has 0 radical (unpaired) electrons. The number of pyridine rings is 1. The third kappa shape index (κ3) is 4.00. The summed E-state index contributed by atoms with van der Waals surface area (Å²) in [6.45, 7) is 0.370. The van der Waals surface area contributed by atoms with Crippen LogP contribution in [0.25, 0.3) is 0 Å². The molecule has 0 aliphatic carbocycles. The number of hydrogen-bond donors (Lipinski definition) is 1. The predicted molar refractivity (Wildman–Crippen MR) is 104 cm³/mol. The molecule has 3 rings (SSSR count). The molecule has 1 aromatic carbocycles. The molecule has 1 unspecified atom stereocenters. The molecule has 2 aromatic rings. The van der Waals surface area contributed by atoms with E-state index in [0.29, 0.717) is 22.4 Å². The van der Waals surface area contributed by atoms with E-state index < -0.39 is 6.04 Å². The van der Waals surface area contributed by atoms with Crippen molar-refractivity contribution < 1.29 is 9.59 Å². The lowest BCUT2D eigenvalue weighted by Crippen LogP contribution is -2.37. The first-order valence-electron chi connectivity index (χ1n) is 7.99. The average Bonchev–Trinajstić information content (AvgIpc) is 2.83. The number of hydrogen-bond acceptors (Lipinski definition) is 4. The van der Waals surface area contributed by atoms with Crippen molar-refractivity contribution in [3.05, 3.63) is 59.4 Å². The molecule has 2 heterocycles. The normalized spacial score (nSPS) is 16.9. The number of thiocarbonyl (C=S) groups is 1. The van der Waals surface area contributed by atoms with Crippen LogP contribution in [0.5, 0.6) is 0 Å². The molecule has 1 saturated heterocycles. The average molecular weight is 389 g/mol. The number of halogens is 1. The van der Waals surface area contributed by atoms with Gasteiger partial charge in [-0.2, -0.15) is 0 Å². The lowest BCUT2D eigenvalue weighted by Gasteiger charge is -2.23. The molecule has 0 saturated carbocycles. The second kappa shape index (κ2) is 7.80. The van der Waals surface area contributed by atoms with E-state index in [0.717, 1.165) is 5.69 Å². The molecule has 0 bridgehead atoms. The molecular weight excluding hydrogens is 372 g/mol. The fraction of sp³-hybridized carbons (Fsp3) is 0.222. The maximum atomic E-state index is 12.5. The summed E-state index contributed by atoms with van der Waals surface area (Å²) in [5.74, 6) is -0.466. The first kappa shape index (κ1) is 18.3. The molecule has 8 heteroatoms. The third-order valence-electron chi connectivity index (χ3n) is 4.09. The number of amides is 2. The fourth-order valence-electron chi connectivity index (χ4n) is 2.74. The van der Waals surface area contributed by atoms with Crippen molar-refractivity contribution in [1.29, 1.82) is 0 Å². The van der Waals surface area contributed by atoms with Crippen LogP contribution in [-0.2, 0) is 16.1 Å². The minimum atomic E-state index is -0.651. The number of nitrogens with one attached hydrogen (secondary N) is 1. The predicted octanol–water partition coefficient (Wildman–Crippen LogP) is 2.69. The van der Waals surface area contributed by atoms with Crippen LogP contribution in [0.1, 0.15) is 12.1 Å². The molecule has 0 spiro atoms. The van der Waals surface area contributed by atoms with Gasteiger partial charge in [0.1, 0.15) is 6.04 Å². The summed E-state index contributed by atoms with van der Waals surface area (Å²) in [6, 6.07) is 11.7. The quantitative estimate of drug-likeness (QED) is 0.798. The van der Waals surface area contributed by atoms with Crippen molar-refractivity contribution in [3.63, 3.8) is 0 Å². The van der Waals surface area contributed by atoms with Crippen LogP contribution in [0.4, 0.5) is 5.69 Å². The Labute approximate surface area is 161 Å². The molecule has 134 valence electrons.